The number of nitrogen functional groups attached to an aromatic ring is 1. The second-order valence-corrected chi connectivity index (χ2v) is 5.16. The monoisotopic (exact) mass is 301 g/mol. The number of hydrogen-bond donors (Lipinski definition) is 3. The number of anilines is 1. The van der Waals surface area contributed by atoms with Crippen LogP contribution in [0, 0.1) is 0 Å². The number of nitrogens with two attached hydrogens (primary N) is 1. The fraction of sp³-hybridized carbons (Fsp3) is 0.333. The van der Waals surface area contributed by atoms with E-state index in [1.54, 1.807) is 0 Å². The van der Waals surface area contributed by atoms with E-state index < -0.39 is 0 Å². The molecule has 7 heteroatoms. The zero-order valence-corrected chi connectivity index (χ0v) is 11.5. The van der Waals surface area contributed by atoms with Crippen molar-refractivity contribution in [3.63, 3.8) is 0 Å². The molecule has 1 aliphatic heterocycles. The van der Waals surface area contributed by atoms with Crippen LogP contribution in [-0.2, 0) is 4.79 Å². The first-order valence-corrected chi connectivity index (χ1v) is 6.55. The summed E-state index contributed by atoms with van der Waals surface area (Å²) in [6.45, 7) is 0.380. The molecular weight excluding hydrogens is 289 g/mol. The highest BCUT2D eigenvalue weighted by Gasteiger charge is 2.21. The summed E-state index contributed by atoms with van der Waals surface area (Å²) in [6, 6.07) is 2.91. The number of carbonyl (C=O) groups is 2. The fourth-order valence-corrected chi connectivity index (χ4v) is 2.23. The van der Waals surface area contributed by atoms with E-state index in [9.17, 15) is 9.59 Å². The number of halogens is 2. The summed E-state index contributed by atoms with van der Waals surface area (Å²) in [5.74, 6) is -0.288. The Balaban J connectivity index is 1.98. The van der Waals surface area contributed by atoms with Crippen molar-refractivity contribution in [3.05, 3.63) is 27.7 Å². The predicted molar refractivity (Wildman–Crippen MR) is 74.4 cm³/mol. The molecule has 0 saturated carbocycles. The van der Waals surface area contributed by atoms with E-state index in [0.29, 0.717) is 18.5 Å². The van der Waals surface area contributed by atoms with Gasteiger partial charge in [-0.15, -0.1) is 0 Å². The summed E-state index contributed by atoms with van der Waals surface area (Å²) in [6.07, 6.45) is 1.23. The van der Waals surface area contributed by atoms with Crippen LogP contribution in [-0.4, -0.2) is 24.4 Å². The SMILES string of the molecule is Nc1cc(C(=O)NCC2CCC(=O)N2)cc(Cl)c1Cl. The van der Waals surface area contributed by atoms with E-state index in [4.69, 9.17) is 28.9 Å². The topological polar surface area (TPSA) is 84.2 Å². The fourth-order valence-electron chi connectivity index (χ4n) is 1.89. The predicted octanol–water partition coefficient (Wildman–Crippen LogP) is 1.58. The van der Waals surface area contributed by atoms with Gasteiger partial charge in [-0.1, -0.05) is 23.2 Å². The molecule has 2 amide bonds. The molecular formula is C12H13Cl2N3O2. The first-order chi connectivity index (χ1) is 8.97. The Morgan fingerprint density at radius 1 is 1.47 bits per heavy atom. The van der Waals surface area contributed by atoms with Crippen LogP contribution < -0.4 is 16.4 Å². The lowest BCUT2D eigenvalue weighted by atomic mass is 10.1. The Kier molecular flexibility index (Phi) is 4.17. The van der Waals surface area contributed by atoms with Gasteiger partial charge in [-0.25, -0.2) is 0 Å². The molecule has 102 valence electrons. The van der Waals surface area contributed by atoms with Crippen LogP contribution in [0.15, 0.2) is 12.1 Å². The third-order valence-electron chi connectivity index (χ3n) is 2.91. The van der Waals surface area contributed by atoms with E-state index in [1.165, 1.54) is 12.1 Å². The van der Waals surface area contributed by atoms with E-state index in [-0.39, 0.29) is 33.6 Å². The molecule has 1 aromatic carbocycles. The molecule has 1 aromatic rings. The molecule has 0 spiro atoms. The van der Waals surface area contributed by atoms with Gasteiger partial charge in [0.25, 0.3) is 5.91 Å². The van der Waals surface area contributed by atoms with Gasteiger partial charge >= 0.3 is 0 Å². The Morgan fingerprint density at radius 2 is 2.21 bits per heavy atom. The van der Waals surface area contributed by atoms with Gasteiger partial charge in [0.05, 0.1) is 15.7 Å². The van der Waals surface area contributed by atoms with Crippen LogP contribution in [0.4, 0.5) is 5.69 Å². The molecule has 1 unspecified atom stereocenters. The van der Waals surface area contributed by atoms with Crippen LogP contribution in [0.3, 0.4) is 0 Å². The summed E-state index contributed by atoms with van der Waals surface area (Å²) in [5, 5.41) is 5.97. The number of hydrogen-bond acceptors (Lipinski definition) is 3. The average molecular weight is 302 g/mol. The van der Waals surface area contributed by atoms with Gasteiger partial charge in [0.1, 0.15) is 0 Å². The molecule has 0 bridgehead atoms. The molecule has 4 N–H and O–H groups in total. The quantitative estimate of drug-likeness (QED) is 0.741. The smallest absolute Gasteiger partial charge is 0.251 e. The van der Waals surface area contributed by atoms with Crippen LogP contribution in [0.25, 0.3) is 0 Å². The van der Waals surface area contributed by atoms with Crippen molar-refractivity contribution in [1.82, 2.24) is 10.6 Å². The molecule has 0 aromatic heterocycles. The highest BCUT2D eigenvalue weighted by Crippen LogP contribution is 2.29. The molecule has 1 fully saturated rings. The van der Waals surface area contributed by atoms with E-state index in [0.717, 1.165) is 6.42 Å². The molecule has 0 aliphatic carbocycles. The first-order valence-electron chi connectivity index (χ1n) is 5.79. The lowest BCUT2D eigenvalue weighted by molar-refractivity contribution is -0.119. The van der Waals surface area contributed by atoms with Gasteiger partial charge in [0.2, 0.25) is 5.91 Å². The minimum Gasteiger partial charge on any atom is -0.397 e. The Bertz CT molecular complexity index is 511. The van der Waals surface area contributed by atoms with Crippen molar-refractivity contribution in [3.8, 4) is 0 Å². The molecule has 2 rings (SSSR count). The second kappa shape index (κ2) is 5.67. The molecule has 5 nitrogen and oxygen atoms in total. The summed E-state index contributed by atoms with van der Waals surface area (Å²) in [7, 11) is 0. The third kappa shape index (κ3) is 3.30. The van der Waals surface area contributed by atoms with Gasteiger partial charge in [-0.05, 0) is 18.6 Å². The van der Waals surface area contributed by atoms with Crippen LogP contribution in [0.5, 0.6) is 0 Å². The summed E-state index contributed by atoms with van der Waals surface area (Å²) < 4.78 is 0. The maximum Gasteiger partial charge on any atom is 0.251 e. The standard InChI is InChI=1S/C12H13Cl2N3O2/c13-8-3-6(4-9(15)11(8)14)12(19)16-5-7-1-2-10(18)17-7/h3-4,7H,1-2,5,15H2,(H,16,19)(H,17,18). The zero-order chi connectivity index (χ0) is 14.0. The highest BCUT2D eigenvalue weighted by atomic mass is 35.5. The van der Waals surface area contributed by atoms with Gasteiger partial charge in [-0.3, -0.25) is 9.59 Å². The number of amides is 2. The van der Waals surface area contributed by atoms with E-state index in [2.05, 4.69) is 10.6 Å². The van der Waals surface area contributed by atoms with Gasteiger partial charge in [0, 0.05) is 24.6 Å². The Labute approximate surface area is 120 Å². The minimum absolute atomic E-state index is 0.0121. The lowest BCUT2D eigenvalue weighted by Crippen LogP contribution is -2.38. The summed E-state index contributed by atoms with van der Waals surface area (Å²) >= 11 is 11.7. The van der Waals surface area contributed by atoms with Crippen molar-refractivity contribution >= 4 is 40.7 Å². The van der Waals surface area contributed by atoms with E-state index >= 15 is 0 Å². The van der Waals surface area contributed by atoms with Crippen LogP contribution >= 0.6 is 23.2 Å². The molecule has 19 heavy (non-hydrogen) atoms. The van der Waals surface area contributed by atoms with E-state index in [1.807, 2.05) is 0 Å². The Hall–Kier alpha value is -1.46. The molecule has 1 saturated heterocycles. The molecule has 0 radical (unpaired) electrons. The van der Waals surface area contributed by atoms with Crippen LogP contribution in [0.1, 0.15) is 23.2 Å². The maximum absolute atomic E-state index is 11.9. The van der Waals surface area contributed by atoms with Gasteiger partial charge < -0.3 is 16.4 Å². The van der Waals surface area contributed by atoms with Crippen molar-refractivity contribution in [1.29, 1.82) is 0 Å². The zero-order valence-electron chi connectivity index (χ0n) is 10.0. The second-order valence-electron chi connectivity index (χ2n) is 4.37. The molecule has 1 atom stereocenters. The Morgan fingerprint density at radius 3 is 2.79 bits per heavy atom. The normalized spacial score (nSPS) is 18.2. The number of benzene rings is 1. The highest BCUT2D eigenvalue weighted by molar-refractivity contribution is 6.43. The summed E-state index contributed by atoms with van der Waals surface area (Å²) in [4.78, 5) is 22.9. The molecule has 1 heterocycles. The number of nitrogens with one attached hydrogen (secondary N) is 2. The van der Waals surface area contributed by atoms with Crippen molar-refractivity contribution < 1.29 is 9.59 Å². The van der Waals surface area contributed by atoms with Gasteiger partial charge in [0.15, 0.2) is 0 Å². The lowest BCUT2D eigenvalue weighted by Gasteiger charge is -2.12. The van der Waals surface area contributed by atoms with Crippen molar-refractivity contribution in [2.75, 3.05) is 12.3 Å². The number of rotatable bonds is 3. The van der Waals surface area contributed by atoms with Crippen molar-refractivity contribution in [2.24, 2.45) is 0 Å². The van der Waals surface area contributed by atoms with Gasteiger partial charge in [-0.2, -0.15) is 0 Å². The maximum atomic E-state index is 11.9. The average Bonchev–Trinajstić information content (AvgIpc) is 2.78. The van der Waals surface area contributed by atoms with Crippen molar-refractivity contribution in [2.45, 2.75) is 18.9 Å². The largest absolute Gasteiger partial charge is 0.397 e. The number of carbonyl (C=O) groups excluding carboxylic acids is 2. The third-order valence-corrected chi connectivity index (χ3v) is 3.73. The summed E-state index contributed by atoms with van der Waals surface area (Å²) in [5.41, 5.74) is 6.24. The minimum atomic E-state index is -0.300. The molecule has 1 aliphatic rings. The first kappa shape index (κ1) is 14.0. The van der Waals surface area contributed by atoms with Crippen LogP contribution in [0.2, 0.25) is 10.0 Å².